The summed E-state index contributed by atoms with van der Waals surface area (Å²) in [6, 6.07) is 1.23. The van der Waals surface area contributed by atoms with E-state index < -0.39 is 17.5 Å². The van der Waals surface area contributed by atoms with Crippen molar-refractivity contribution in [2.75, 3.05) is 20.3 Å². The monoisotopic (exact) mass is 269 g/mol. The number of nitriles is 1. The van der Waals surface area contributed by atoms with Gasteiger partial charge in [-0.1, -0.05) is 0 Å². The van der Waals surface area contributed by atoms with Crippen molar-refractivity contribution in [2.45, 2.75) is 37.8 Å². The molecule has 0 aliphatic carbocycles. The third kappa shape index (κ3) is 3.58. The van der Waals surface area contributed by atoms with Crippen LogP contribution in [-0.4, -0.2) is 53.8 Å². The van der Waals surface area contributed by atoms with Crippen LogP contribution in [0.25, 0.3) is 0 Å². The molecule has 19 heavy (non-hydrogen) atoms. The Labute approximate surface area is 112 Å². The van der Waals surface area contributed by atoms with E-state index in [0.717, 1.165) is 0 Å². The summed E-state index contributed by atoms with van der Waals surface area (Å²) >= 11 is 0. The zero-order chi connectivity index (χ0) is 14.5. The van der Waals surface area contributed by atoms with Crippen LogP contribution in [0.2, 0.25) is 0 Å². The number of urea groups is 1. The van der Waals surface area contributed by atoms with Gasteiger partial charge in [0.2, 0.25) is 0 Å². The van der Waals surface area contributed by atoms with Crippen LogP contribution < -0.4 is 5.32 Å². The van der Waals surface area contributed by atoms with E-state index in [0.29, 0.717) is 13.2 Å². The van der Waals surface area contributed by atoms with Gasteiger partial charge in [-0.05, 0) is 6.92 Å². The summed E-state index contributed by atoms with van der Waals surface area (Å²) in [6.07, 6.45) is 0.691. The molecular formula is C12H19N3O4. The number of rotatable bonds is 4. The van der Waals surface area contributed by atoms with E-state index in [-0.39, 0.29) is 25.3 Å². The van der Waals surface area contributed by atoms with Crippen molar-refractivity contribution >= 4 is 12.0 Å². The predicted molar refractivity (Wildman–Crippen MR) is 66.4 cm³/mol. The Morgan fingerprint density at radius 1 is 1.53 bits per heavy atom. The van der Waals surface area contributed by atoms with Gasteiger partial charge in [0.05, 0.1) is 12.5 Å². The van der Waals surface area contributed by atoms with E-state index in [1.165, 1.54) is 4.90 Å². The van der Waals surface area contributed by atoms with Crippen molar-refractivity contribution in [3.8, 4) is 6.07 Å². The van der Waals surface area contributed by atoms with Crippen molar-refractivity contribution in [3.63, 3.8) is 0 Å². The Hall–Kier alpha value is -1.81. The molecule has 0 aromatic heterocycles. The molecule has 2 amide bonds. The molecule has 1 unspecified atom stereocenters. The van der Waals surface area contributed by atoms with E-state index in [1.807, 2.05) is 6.07 Å². The number of carbonyl (C=O) groups is 2. The molecule has 7 nitrogen and oxygen atoms in total. The number of hydrogen-bond donors (Lipinski definition) is 2. The first-order valence-corrected chi connectivity index (χ1v) is 6.16. The van der Waals surface area contributed by atoms with Crippen molar-refractivity contribution < 1.29 is 19.4 Å². The molecule has 1 rings (SSSR count). The second-order valence-electron chi connectivity index (χ2n) is 4.75. The number of nitrogens with zero attached hydrogens (tertiary/aromatic N) is 2. The van der Waals surface area contributed by atoms with Crippen molar-refractivity contribution in [3.05, 3.63) is 0 Å². The molecule has 0 radical (unpaired) electrons. The second kappa shape index (κ2) is 6.38. The summed E-state index contributed by atoms with van der Waals surface area (Å²) in [5.41, 5.74) is -1.27. The minimum Gasteiger partial charge on any atom is -0.480 e. The van der Waals surface area contributed by atoms with Crippen LogP contribution in [0.15, 0.2) is 0 Å². The first-order valence-electron chi connectivity index (χ1n) is 6.16. The molecule has 0 aromatic rings. The number of carboxylic acids is 1. The van der Waals surface area contributed by atoms with Crippen LogP contribution >= 0.6 is 0 Å². The number of carboxylic acid groups (broad SMARTS) is 1. The van der Waals surface area contributed by atoms with E-state index >= 15 is 0 Å². The molecule has 0 aromatic carbocycles. The minimum atomic E-state index is -1.27. The number of aliphatic carboxylic acids is 1. The molecule has 1 fully saturated rings. The molecule has 1 atom stereocenters. The highest BCUT2D eigenvalue weighted by Crippen LogP contribution is 2.21. The smallest absolute Gasteiger partial charge is 0.329 e. The number of amides is 2. The lowest BCUT2D eigenvalue weighted by Gasteiger charge is -2.36. The van der Waals surface area contributed by atoms with Crippen LogP contribution in [0.5, 0.6) is 0 Å². The lowest BCUT2D eigenvalue weighted by Crippen LogP contribution is -2.60. The predicted octanol–water partition coefficient (Wildman–Crippen LogP) is 0.564. The number of nitrogens with one attached hydrogen (secondary N) is 1. The number of ether oxygens (including phenoxy) is 1. The zero-order valence-corrected chi connectivity index (χ0v) is 11.2. The Morgan fingerprint density at radius 3 is 2.58 bits per heavy atom. The Kier molecular flexibility index (Phi) is 5.12. The Morgan fingerprint density at radius 2 is 2.11 bits per heavy atom. The van der Waals surface area contributed by atoms with Crippen LogP contribution in [0.3, 0.4) is 0 Å². The average molecular weight is 269 g/mol. The first kappa shape index (κ1) is 15.2. The molecule has 1 saturated heterocycles. The maximum Gasteiger partial charge on any atom is 0.329 e. The fourth-order valence-electron chi connectivity index (χ4n) is 1.87. The Bertz CT molecular complexity index is 385. The quantitative estimate of drug-likeness (QED) is 0.776. The van der Waals surface area contributed by atoms with Crippen molar-refractivity contribution in [1.82, 2.24) is 10.2 Å². The first-order chi connectivity index (χ1) is 8.93. The third-order valence-corrected chi connectivity index (χ3v) is 3.47. The molecule has 1 heterocycles. The number of hydrogen-bond acceptors (Lipinski definition) is 4. The van der Waals surface area contributed by atoms with Crippen LogP contribution in [-0.2, 0) is 9.53 Å². The summed E-state index contributed by atoms with van der Waals surface area (Å²) in [4.78, 5) is 24.8. The summed E-state index contributed by atoms with van der Waals surface area (Å²) in [5, 5.41) is 20.5. The van der Waals surface area contributed by atoms with Gasteiger partial charge >= 0.3 is 12.0 Å². The van der Waals surface area contributed by atoms with Gasteiger partial charge in [-0.3, -0.25) is 0 Å². The topological polar surface area (TPSA) is 103 Å². The number of carbonyl (C=O) groups excluding carboxylic acids is 1. The van der Waals surface area contributed by atoms with Crippen molar-refractivity contribution in [1.29, 1.82) is 5.26 Å². The van der Waals surface area contributed by atoms with Gasteiger partial charge in [0, 0.05) is 39.1 Å². The van der Waals surface area contributed by atoms with Gasteiger partial charge in [-0.25, -0.2) is 9.59 Å². The molecule has 0 spiro atoms. The van der Waals surface area contributed by atoms with Crippen LogP contribution in [0, 0.1) is 11.3 Å². The molecule has 106 valence electrons. The highest BCUT2D eigenvalue weighted by Gasteiger charge is 2.42. The third-order valence-electron chi connectivity index (χ3n) is 3.47. The molecule has 2 N–H and O–H groups in total. The fraction of sp³-hybridized carbons (Fsp3) is 0.750. The molecule has 0 bridgehead atoms. The second-order valence-corrected chi connectivity index (χ2v) is 4.75. The molecule has 7 heteroatoms. The molecule has 0 saturated carbocycles. The normalized spacial score (nSPS) is 19.0. The highest BCUT2D eigenvalue weighted by molar-refractivity contribution is 5.86. The lowest BCUT2D eigenvalue weighted by atomic mass is 9.90. The van der Waals surface area contributed by atoms with Crippen molar-refractivity contribution in [2.24, 2.45) is 0 Å². The van der Waals surface area contributed by atoms with E-state index in [1.54, 1.807) is 14.0 Å². The summed E-state index contributed by atoms with van der Waals surface area (Å²) in [6.45, 7) is 2.36. The summed E-state index contributed by atoms with van der Waals surface area (Å²) in [7, 11) is 1.55. The molecule has 1 aliphatic rings. The summed E-state index contributed by atoms with van der Waals surface area (Å²) in [5.74, 6) is -1.05. The largest absolute Gasteiger partial charge is 0.480 e. The maximum absolute atomic E-state index is 12.0. The van der Waals surface area contributed by atoms with Gasteiger partial charge in [-0.2, -0.15) is 5.26 Å². The van der Waals surface area contributed by atoms with E-state index in [4.69, 9.17) is 10.00 Å². The van der Waals surface area contributed by atoms with Gasteiger partial charge in [0.25, 0.3) is 0 Å². The average Bonchev–Trinajstić information content (AvgIpc) is 2.39. The minimum absolute atomic E-state index is 0.201. The molecule has 1 aliphatic heterocycles. The Balaban J connectivity index is 2.72. The fourth-order valence-corrected chi connectivity index (χ4v) is 1.87. The van der Waals surface area contributed by atoms with Gasteiger partial charge in [0.15, 0.2) is 0 Å². The molecular weight excluding hydrogens is 250 g/mol. The van der Waals surface area contributed by atoms with Crippen LogP contribution in [0.4, 0.5) is 4.79 Å². The zero-order valence-electron chi connectivity index (χ0n) is 11.2. The van der Waals surface area contributed by atoms with Gasteiger partial charge in [0.1, 0.15) is 5.54 Å². The maximum atomic E-state index is 12.0. The van der Waals surface area contributed by atoms with E-state index in [9.17, 15) is 14.7 Å². The van der Waals surface area contributed by atoms with Gasteiger partial charge in [-0.15, -0.1) is 0 Å². The van der Waals surface area contributed by atoms with Gasteiger partial charge < -0.3 is 20.1 Å². The lowest BCUT2D eigenvalue weighted by molar-refractivity contribution is -0.148. The van der Waals surface area contributed by atoms with E-state index in [2.05, 4.69) is 5.32 Å². The summed E-state index contributed by atoms with van der Waals surface area (Å²) < 4.78 is 5.13. The highest BCUT2D eigenvalue weighted by atomic mass is 16.5. The SMILES string of the molecule is CC(CC#N)N(C)C(=O)NC1(C(=O)O)CCOCC1. The van der Waals surface area contributed by atoms with Crippen LogP contribution in [0.1, 0.15) is 26.2 Å². The standard InChI is InChI=1S/C12H19N3O4/c1-9(3-6-13)15(2)11(18)14-12(10(16)17)4-7-19-8-5-12/h9H,3-5,7-8H2,1-2H3,(H,14,18)(H,16,17).